The van der Waals surface area contributed by atoms with Crippen molar-refractivity contribution >= 4 is 17.5 Å². The summed E-state index contributed by atoms with van der Waals surface area (Å²) in [5.74, 6) is 0.202. The highest BCUT2D eigenvalue weighted by atomic mass is 35.5. The molecule has 0 radical (unpaired) electrons. The van der Waals surface area contributed by atoms with Crippen LogP contribution < -0.4 is 10.6 Å². The molecular weight excluding hydrogens is 472 g/mol. The van der Waals surface area contributed by atoms with Crippen LogP contribution in [0.15, 0.2) is 48.5 Å². The number of hydrogen-bond donors (Lipinski definition) is 2. The van der Waals surface area contributed by atoms with Crippen LogP contribution in [-0.2, 0) is 27.9 Å². The quantitative estimate of drug-likeness (QED) is 0.599. The smallest absolute Gasteiger partial charge is 0.240 e. The fourth-order valence-corrected chi connectivity index (χ4v) is 6.50. The summed E-state index contributed by atoms with van der Waals surface area (Å²) in [6.45, 7) is 4.25. The van der Waals surface area contributed by atoms with Crippen molar-refractivity contribution in [3.8, 4) is 0 Å². The van der Waals surface area contributed by atoms with Gasteiger partial charge in [0.05, 0.1) is 12.1 Å². The van der Waals surface area contributed by atoms with Crippen LogP contribution in [0.2, 0.25) is 5.02 Å². The average molecular weight is 511 g/mol. The molecule has 3 atom stereocenters. The number of halogens is 1. The average Bonchev–Trinajstić information content (AvgIpc) is 3.38. The largest absolute Gasteiger partial charge is 0.380 e. The summed E-state index contributed by atoms with van der Waals surface area (Å²) in [5, 5.41) is 7.85. The first kappa shape index (κ1) is 25.7. The lowest BCUT2D eigenvalue weighted by Crippen LogP contribution is -2.58. The Morgan fingerprint density at radius 3 is 2.64 bits per heavy atom. The second-order valence-corrected chi connectivity index (χ2v) is 11.1. The highest BCUT2D eigenvalue weighted by Crippen LogP contribution is 2.42. The summed E-state index contributed by atoms with van der Waals surface area (Å²) in [6.07, 6.45) is 4.91. The number of likely N-dealkylation sites (tertiary alicyclic amines) is 1. The predicted molar refractivity (Wildman–Crippen MR) is 144 cm³/mol. The van der Waals surface area contributed by atoms with Crippen molar-refractivity contribution in [2.24, 2.45) is 0 Å². The Hall–Kier alpha value is -1.96. The topological polar surface area (TPSA) is 56.8 Å². The number of rotatable bonds is 7. The van der Waals surface area contributed by atoms with Gasteiger partial charge in [-0.1, -0.05) is 48.0 Å². The Bertz CT molecular complexity index is 1040. The molecule has 1 spiro atoms. The molecule has 2 N–H and O–H groups in total. The molecule has 2 aromatic rings. The van der Waals surface area contributed by atoms with Crippen molar-refractivity contribution in [1.29, 1.82) is 0 Å². The summed E-state index contributed by atoms with van der Waals surface area (Å²) in [6, 6.07) is 16.8. The molecule has 3 heterocycles. The Morgan fingerprint density at radius 1 is 1.17 bits per heavy atom. The van der Waals surface area contributed by atoms with Crippen molar-refractivity contribution in [2.75, 3.05) is 46.9 Å². The van der Waals surface area contributed by atoms with E-state index in [-0.39, 0.29) is 23.6 Å². The number of nitrogens with zero attached hydrogens (tertiary/aromatic N) is 2. The third-order valence-corrected chi connectivity index (χ3v) is 8.90. The van der Waals surface area contributed by atoms with Gasteiger partial charge < -0.3 is 20.3 Å². The summed E-state index contributed by atoms with van der Waals surface area (Å²) in [5.41, 5.74) is 4.08. The number of nitrogens with one attached hydrogen (secondary N) is 2. The summed E-state index contributed by atoms with van der Waals surface area (Å²) >= 11 is 6.11. The second-order valence-electron chi connectivity index (χ2n) is 10.7. The first-order valence-corrected chi connectivity index (χ1v) is 13.7. The number of carbonyl (C=O) groups excluding carboxylic acids is 1. The number of ether oxygens (including phenoxy) is 1. The van der Waals surface area contributed by atoms with Crippen LogP contribution in [0.5, 0.6) is 0 Å². The molecule has 2 aromatic carbocycles. The van der Waals surface area contributed by atoms with Crippen LogP contribution in [-0.4, -0.2) is 80.8 Å². The van der Waals surface area contributed by atoms with Crippen LogP contribution in [0.4, 0.5) is 0 Å². The van der Waals surface area contributed by atoms with Gasteiger partial charge in [0.15, 0.2) is 0 Å². The molecule has 3 aliphatic heterocycles. The first-order valence-electron chi connectivity index (χ1n) is 13.3. The first-order chi connectivity index (χ1) is 17.5. The Kier molecular flexibility index (Phi) is 7.99. The van der Waals surface area contributed by atoms with E-state index in [1.807, 2.05) is 24.3 Å². The van der Waals surface area contributed by atoms with Crippen molar-refractivity contribution < 1.29 is 9.53 Å². The molecule has 6 nitrogen and oxygen atoms in total. The number of fused-ring (bicyclic) bond motifs is 2. The van der Waals surface area contributed by atoms with Gasteiger partial charge in [0.2, 0.25) is 5.91 Å². The highest BCUT2D eigenvalue weighted by molar-refractivity contribution is 6.30. The van der Waals surface area contributed by atoms with E-state index in [0.29, 0.717) is 17.5 Å². The SMILES string of the molecule is CO[C@H]1CNC(CN[C@H](Cc2ccc(Cl)cc2)C(=O)N2CCC3(CC2)c2ccccc2CCN3C)C1. The molecule has 0 aromatic heterocycles. The standard InChI is InChI=1S/C29H39ClN4O2/c1-33-14-11-22-5-3-4-6-26(22)29(33)12-15-34(16-13-29)28(35)27(17-21-7-9-23(30)10-8-21)32-19-24-18-25(36-2)20-31-24/h3-10,24-25,27,31-32H,11-20H2,1-2H3/t24?,25-,27-/m1/s1. The third kappa shape index (κ3) is 5.34. The van der Waals surface area contributed by atoms with E-state index in [9.17, 15) is 4.79 Å². The predicted octanol–water partition coefficient (Wildman–Crippen LogP) is 3.22. The molecule has 2 fully saturated rings. The van der Waals surface area contributed by atoms with Gasteiger partial charge in [-0.3, -0.25) is 9.69 Å². The number of benzene rings is 2. The molecule has 0 saturated carbocycles. The van der Waals surface area contributed by atoms with Gasteiger partial charge in [0.25, 0.3) is 0 Å². The summed E-state index contributed by atoms with van der Waals surface area (Å²) in [7, 11) is 4.01. The van der Waals surface area contributed by atoms with Crippen LogP contribution in [0.25, 0.3) is 0 Å². The van der Waals surface area contributed by atoms with Crippen LogP contribution in [0, 0.1) is 0 Å². The van der Waals surface area contributed by atoms with E-state index in [1.54, 1.807) is 7.11 Å². The Labute approximate surface area is 220 Å². The van der Waals surface area contributed by atoms with E-state index in [1.165, 1.54) is 11.1 Å². The van der Waals surface area contributed by atoms with E-state index < -0.39 is 0 Å². The highest BCUT2D eigenvalue weighted by Gasteiger charge is 2.44. The lowest BCUT2D eigenvalue weighted by Gasteiger charge is -2.51. The summed E-state index contributed by atoms with van der Waals surface area (Å²) in [4.78, 5) is 18.5. The maximum Gasteiger partial charge on any atom is 0.240 e. The zero-order valence-corrected chi connectivity index (χ0v) is 22.3. The minimum Gasteiger partial charge on any atom is -0.380 e. The molecule has 1 unspecified atom stereocenters. The van der Waals surface area contributed by atoms with Gasteiger partial charge in [-0.25, -0.2) is 0 Å². The van der Waals surface area contributed by atoms with Crippen molar-refractivity contribution in [2.45, 2.75) is 55.8 Å². The molecule has 7 heteroatoms. The van der Waals surface area contributed by atoms with Gasteiger partial charge in [-0.05, 0) is 68.0 Å². The molecule has 194 valence electrons. The molecule has 1 amide bonds. The number of carbonyl (C=O) groups is 1. The fourth-order valence-electron chi connectivity index (χ4n) is 6.37. The minimum absolute atomic E-state index is 0.0354. The van der Waals surface area contributed by atoms with Crippen LogP contribution >= 0.6 is 11.6 Å². The van der Waals surface area contributed by atoms with Gasteiger partial charge in [-0.2, -0.15) is 0 Å². The van der Waals surface area contributed by atoms with E-state index in [2.05, 4.69) is 51.7 Å². The van der Waals surface area contributed by atoms with Crippen molar-refractivity contribution in [3.63, 3.8) is 0 Å². The van der Waals surface area contributed by atoms with Gasteiger partial charge in [-0.15, -0.1) is 0 Å². The minimum atomic E-state index is -0.264. The van der Waals surface area contributed by atoms with Gasteiger partial charge in [0, 0.05) is 56.4 Å². The lowest BCUT2D eigenvalue weighted by atomic mass is 9.74. The molecule has 36 heavy (non-hydrogen) atoms. The summed E-state index contributed by atoms with van der Waals surface area (Å²) < 4.78 is 5.50. The number of piperidine rings is 1. The van der Waals surface area contributed by atoms with E-state index >= 15 is 0 Å². The zero-order chi connectivity index (χ0) is 25.1. The van der Waals surface area contributed by atoms with Gasteiger partial charge >= 0.3 is 0 Å². The molecular formula is C29H39ClN4O2. The number of amides is 1. The van der Waals surface area contributed by atoms with Crippen molar-refractivity contribution in [1.82, 2.24) is 20.4 Å². The third-order valence-electron chi connectivity index (χ3n) is 8.65. The normalized spacial score (nSPS) is 24.6. The van der Waals surface area contributed by atoms with E-state index in [0.717, 1.165) is 64.0 Å². The Morgan fingerprint density at radius 2 is 1.92 bits per heavy atom. The molecule has 5 rings (SSSR count). The zero-order valence-electron chi connectivity index (χ0n) is 21.5. The Balaban J connectivity index is 1.28. The molecule has 0 aliphatic carbocycles. The molecule has 3 aliphatic rings. The van der Waals surface area contributed by atoms with Gasteiger partial charge in [0.1, 0.15) is 0 Å². The van der Waals surface area contributed by atoms with E-state index in [4.69, 9.17) is 16.3 Å². The monoisotopic (exact) mass is 510 g/mol. The fraction of sp³-hybridized carbons (Fsp3) is 0.552. The molecule has 2 saturated heterocycles. The second kappa shape index (κ2) is 11.2. The lowest BCUT2D eigenvalue weighted by molar-refractivity contribution is -0.136. The number of likely N-dealkylation sites (N-methyl/N-ethyl adjacent to an activating group) is 1. The number of hydrogen-bond acceptors (Lipinski definition) is 5. The maximum atomic E-state index is 13.9. The van der Waals surface area contributed by atoms with Crippen LogP contribution in [0.3, 0.4) is 0 Å². The van der Waals surface area contributed by atoms with Crippen molar-refractivity contribution in [3.05, 3.63) is 70.2 Å². The maximum absolute atomic E-state index is 13.9. The van der Waals surface area contributed by atoms with Crippen LogP contribution in [0.1, 0.15) is 36.0 Å². The number of methoxy groups -OCH3 is 1. The molecule has 0 bridgehead atoms.